The van der Waals surface area contributed by atoms with Gasteiger partial charge in [0, 0.05) is 5.56 Å². The van der Waals surface area contributed by atoms with E-state index in [9.17, 15) is 8.78 Å². The predicted octanol–water partition coefficient (Wildman–Crippen LogP) is 2.25. The Bertz CT molecular complexity index is 440. The van der Waals surface area contributed by atoms with Crippen LogP contribution in [0.2, 0.25) is 0 Å². The lowest BCUT2D eigenvalue weighted by molar-refractivity contribution is -0.207. The SMILES string of the molecule is Cc1ccc(C2=NC(N(C)C)C(F)(F)O2)cc1. The van der Waals surface area contributed by atoms with Crippen LogP contribution in [0.15, 0.2) is 29.3 Å². The van der Waals surface area contributed by atoms with Crippen molar-refractivity contribution in [3.05, 3.63) is 35.4 Å². The Kier molecular flexibility index (Phi) is 2.87. The molecular weight excluding hydrogens is 226 g/mol. The standard InChI is InChI=1S/C12H14F2N2O/c1-8-4-6-9(7-5-8)10-15-11(16(2)3)12(13,14)17-10/h4-7,11H,1-3H3. The Morgan fingerprint density at radius 3 is 2.29 bits per heavy atom. The maximum Gasteiger partial charge on any atom is 0.436 e. The van der Waals surface area contributed by atoms with Gasteiger partial charge in [0.1, 0.15) is 0 Å². The van der Waals surface area contributed by atoms with Crippen molar-refractivity contribution in [3.8, 4) is 0 Å². The molecule has 0 N–H and O–H groups in total. The molecule has 0 saturated carbocycles. The van der Waals surface area contributed by atoms with Crippen LogP contribution in [0.5, 0.6) is 0 Å². The first kappa shape index (κ1) is 12.0. The fourth-order valence-corrected chi connectivity index (χ4v) is 1.64. The van der Waals surface area contributed by atoms with Gasteiger partial charge in [0.15, 0.2) is 0 Å². The Balaban J connectivity index is 2.30. The molecule has 1 heterocycles. The first-order valence-electron chi connectivity index (χ1n) is 5.28. The van der Waals surface area contributed by atoms with Gasteiger partial charge in [0.25, 0.3) is 0 Å². The van der Waals surface area contributed by atoms with E-state index in [0.717, 1.165) is 5.56 Å². The molecule has 0 radical (unpaired) electrons. The summed E-state index contributed by atoms with van der Waals surface area (Å²) in [4.78, 5) is 5.25. The van der Waals surface area contributed by atoms with E-state index in [-0.39, 0.29) is 5.90 Å². The number of likely N-dealkylation sites (N-methyl/N-ethyl adjacent to an activating group) is 1. The summed E-state index contributed by atoms with van der Waals surface area (Å²) in [6, 6.07) is 7.12. The molecule has 2 rings (SSSR count). The second kappa shape index (κ2) is 4.07. The molecule has 1 atom stereocenters. The molecule has 1 aliphatic heterocycles. The van der Waals surface area contributed by atoms with Gasteiger partial charge in [-0.3, -0.25) is 4.90 Å². The zero-order chi connectivity index (χ0) is 12.6. The van der Waals surface area contributed by atoms with Crippen molar-refractivity contribution in [3.63, 3.8) is 0 Å². The van der Waals surface area contributed by atoms with Crippen LogP contribution in [0, 0.1) is 6.92 Å². The molecular formula is C12H14F2N2O. The molecule has 1 unspecified atom stereocenters. The van der Waals surface area contributed by atoms with Crippen molar-refractivity contribution in [2.75, 3.05) is 14.1 Å². The summed E-state index contributed by atoms with van der Waals surface area (Å²) >= 11 is 0. The van der Waals surface area contributed by atoms with Crippen molar-refractivity contribution in [2.45, 2.75) is 19.2 Å². The number of ether oxygens (including phenoxy) is 1. The number of hydrogen-bond acceptors (Lipinski definition) is 3. The van der Waals surface area contributed by atoms with Gasteiger partial charge in [-0.05, 0) is 33.2 Å². The average Bonchev–Trinajstić information content (AvgIpc) is 2.55. The number of benzene rings is 1. The van der Waals surface area contributed by atoms with Gasteiger partial charge in [0.2, 0.25) is 12.1 Å². The van der Waals surface area contributed by atoms with Gasteiger partial charge in [0.05, 0.1) is 0 Å². The van der Waals surface area contributed by atoms with E-state index in [1.54, 1.807) is 26.2 Å². The predicted molar refractivity (Wildman–Crippen MR) is 61.2 cm³/mol. The van der Waals surface area contributed by atoms with Crippen LogP contribution >= 0.6 is 0 Å². The Labute approximate surface area is 98.7 Å². The Morgan fingerprint density at radius 1 is 1.24 bits per heavy atom. The molecule has 1 aromatic carbocycles. The topological polar surface area (TPSA) is 24.8 Å². The molecule has 0 fully saturated rings. The summed E-state index contributed by atoms with van der Waals surface area (Å²) in [5.41, 5.74) is 1.63. The lowest BCUT2D eigenvalue weighted by Gasteiger charge is -2.21. The van der Waals surface area contributed by atoms with Crippen LogP contribution in [0.4, 0.5) is 8.78 Å². The highest BCUT2D eigenvalue weighted by atomic mass is 19.3. The summed E-state index contributed by atoms with van der Waals surface area (Å²) < 4.78 is 31.6. The number of rotatable bonds is 2. The minimum atomic E-state index is -3.27. The molecule has 1 aromatic rings. The van der Waals surface area contributed by atoms with Crippen LogP contribution < -0.4 is 0 Å². The molecule has 0 spiro atoms. The van der Waals surface area contributed by atoms with E-state index in [0.29, 0.717) is 5.56 Å². The number of aliphatic imine (C=N–C) groups is 1. The number of halogens is 2. The largest absolute Gasteiger partial charge is 0.436 e. The molecule has 5 heteroatoms. The van der Waals surface area contributed by atoms with Crippen molar-refractivity contribution < 1.29 is 13.5 Å². The Morgan fingerprint density at radius 2 is 1.82 bits per heavy atom. The minimum Gasteiger partial charge on any atom is -0.412 e. The average molecular weight is 240 g/mol. The van der Waals surface area contributed by atoms with Crippen LogP contribution in [0.1, 0.15) is 11.1 Å². The quantitative estimate of drug-likeness (QED) is 0.792. The van der Waals surface area contributed by atoms with E-state index in [1.165, 1.54) is 4.90 Å². The third-order valence-electron chi connectivity index (χ3n) is 2.56. The van der Waals surface area contributed by atoms with E-state index in [4.69, 9.17) is 0 Å². The summed E-state index contributed by atoms with van der Waals surface area (Å²) in [6.07, 6.45) is -4.54. The molecule has 0 aliphatic carbocycles. The fourth-order valence-electron chi connectivity index (χ4n) is 1.64. The van der Waals surface area contributed by atoms with Crippen molar-refractivity contribution in [2.24, 2.45) is 4.99 Å². The summed E-state index contributed by atoms with van der Waals surface area (Å²) in [7, 11) is 3.09. The van der Waals surface area contributed by atoms with Crippen LogP contribution in [-0.4, -0.2) is 37.2 Å². The summed E-state index contributed by atoms with van der Waals surface area (Å²) in [5.74, 6) is -0.00583. The summed E-state index contributed by atoms with van der Waals surface area (Å²) in [5, 5.41) is 0. The highest BCUT2D eigenvalue weighted by Gasteiger charge is 2.50. The second-order valence-electron chi connectivity index (χ2n) is 4.30. The highest BCUT2D eigenvalue weighted by Crippen LogP contribution is 2.32. The van der Waals surface area contributed by atoms with E-state index >= 15 is 0 Å². The smallest absolute Gasteiger partial charge is 0.412 e. The molecule has 0 bridgehead atoms. The summed E-state index contributed by atoms with van der Waals surface area (Å²) in [6.45, 7) is 1.93. The van der Waals surface area contributed by atoms with Gasteiger partial charge in [-0.1, -0.05) is 17.7 Å². The normalized spacial score (nSPS) is 22.5. The van der Waals surface area contributed by atoms with Gasteiger partial charge < -0.3 is 4.74 Å². The zero-order valence-corrected chi connectivity index (χ0v) is 9.95. The third kappa shape index (κ3) is 2.29. The van der Waals surface area contributed by atoms with Gasteiger partial charge in [-0.2, -0.15) is 8.78 Å². The maximum atomic E-state index is 13.5. The molecule has 92 valence electrons. The third-order valence-corrected chi connectivity index (χ3v) is 2.56. The van der Waals surface area contributed by atoms with E-state index in [1.807, 2.05) is 19.1 Å². The lowest BCUT2D eigenvalue weighted by atomic mass is 10.1. The van der Waals surface area contributed by atoms with Gasteiger partial charge in [-0.15, -0.1) is 0 Å². The molecule has 0 saturated heterocycles. The number of aryl methyl sites for hydroxylation is 1. The molecule has 0 aromatic heterocycles. The number of nitrogens with zero attached hydrogens (tertiary/aromatic N) is 2. The number of hydrogen-bond donors (Lipinski definition) is 0. The molecule has 1 aliphatic rings. The fraction of sp³-hybridized carbons (Fsp3) is 0.417. The van der Waals surface area contributed by atoms with Crippen molar-refractivity contribution in [1.29, 1.82) is 0 Å². The highest BCUT2D eigenvalue weighted by molar-refractivity contribution is 5.95. The Hall–Kier alpha value is -1.49. The first-order valence-corrected chi connectivity index (χ1v) is 5.28. The van der Waals surface area contributed by atoms with E-state index < -0.39 is 12.3 Å². The van der Waals surface area contributed by atoms with Gasteiger partial charge >= 0.3 is 6.11 Å². The molecule has 0 amide bonds. The first-order chi connectivity index (χ1) is 7.90. The monoisotopic (exact) mass is 240 g/mol. The van der Waals surface area contributed by atoms with Crippen LogP contribution in [0.3, 0.4) is 0 Å². The van der Waals surface area contributed by atoms with Crippen molar-refractivity contribution >= 4 is 5.90 Å². The molecule has 17 heavy (non-hydrogen) atoms. The number of alkyl halides is 2. The van der Waals surface area contributed by atoms with Crippen LogP contribution in [-0.2, 0) is 4.74 Å². The van der Waals surface area contributed by atoms with Gasteiger partial charge in [-0.25, -0.2) is 4.99 Å². The minimum absolute atomic E-state index is 0.00583. The zero-order valence-electron chi connectivity index (χ0n) is 9.95. The van der Waals surface area contributed by atoms with E-state index in [2.05, 4.69) is 9.73 Å². The van der Waals surface area contributed by atoms with Crippen LogP contribution in [0.25, 0.3) is 0 Å². The lowest BCUT2D eigenvalue weighted by Crippen LogP contribution is -2.40. The van der Waals surface area contributed by atoms with Crippen molar-refractivity contribution in [1.82, 2.24) is 4.90 Å². The molecule has 3 nitrogen and oxygen atoms in total. The second-order valence-corrected chi connectivity index (χ2v) is 4.30. The maximum absolute atomic E-state index is 13.5.